The van der Waals surface area contributed by atoms with Crippen LogP contribution >= 0.6 is 0 Å². The van der Waals surface area contributed by atoms with E-state index >= 15 is 0 Å². The van der Waals surface area contributed by atoms with Gasteiger partial charge in [-0.3, -0.25) is 4.79 Å². The fraction of sp³-hybridized carbons (Fsp3) is 0.842. The molecular weight excluding hydrogens is 350 g/mol. The van der Waals surface area contributed by atoms with Gasteiger partial charge in [0.2, 0.25) is 5.91 Å². The van der Waals surface area contributed by atoms with E-state index in [1.165, 1.54) is 0 Å². The minimum Gasteiger partial charge on any atom is -0.480 e. The van der Waals surface area contributed by atoms with Gasteiger partial charge in [-0.15, -0.1) is 0 Å². The van der Waals surface area contributed by atoms with Gasteiger partial charge in [-0.25, -0.2) is 9.59 Å². The van der Waals surface area contributed by atoms with Crippen LogP contribution in [0.15, 0.2) is 0 Å². The molecule has 8 nitrogen and oxygen atoms in total. The van der Waals surface area contributed by atoms with Crippen molar-refractivity contribution >= 4 is 17.9 Å². The van der Waals surface area contributed by atoms with E-state index in [0.29, 0.717) is 32.0 Å². The van der Waals surface area contributed by atoms with Crippen molar-refractivity contribution in [3.63, 3.8) is 0 Å². The molecule has 0 spiro atoms. The van der Waals surface area contributed by atoms with Crippen molar-refractivity contribution in [1.29, 1.82) is 0 Å². The Bertz CT molecular complexity index is 516. The molecule has 2 atom stereocenters. The maximum atomic E-state index is 12.5. The zero-order valence-corrected chi connectivity index (χ0v) is 17.2. The number of rotatable bonds is 8. The Labute approximate surface area is 162 Å². The zero-order valence-electron chi connectivity index (χ0n) is 17.2. The summed E-state index contributed by atoms with van der Waals surface area (Å²) in [7, 11) is 0. The van der Waals surface area contributed by atoms with Crippen LogP contribution in [0.1, 0.15) is 53.9 Å². The Morgan fingerprint density at radius 3 is 2.48 bits per heavy atom. The third-order valence-corrected chi connectivity index (χ3v) is 4.30. The molecule has 1 rings (SSSR count). The van der Waals surface area contributed by atoms with Gasteiger partial charge in [-0.2, -0.15) is 0 Å². The predicted octanol–water partition coefficient (Wildman–Crippen LogP) is 1.84. The molecule has 0 radical (unpaired) electrons. The van der Waals surface area contributed by atoms with Crippen LogP contribution in [0.5, 0.6) is 0 Å². The lowest BCUT2D eigenvalue weighted by Crippen LogP contribution is -2.51. The van der Waals surface area contributed by atoms with Crippen LogP contribution in [0.25, 0.3) is 0 Å². The quantitative estimate of drug-likeness (QED) is 0.591. The zero-order chi connectivity index (χ0) is 20.6. The van der Waals surface area contributed by atoms with E-state index in [4.69, 9.17) is 4.74 Å². The number of carboxylic acid groups (broad SMARTS) is 1. The Hall–Kier alpha value is -1.83. The van der Waals surface area contributed by atoms with Crippen LogP contribution in [-0.4, -0.2) is 65.8 Å². The van der Waals surface area contributed by atoms with Crippen LogP contribution < -0.4 is 10.6 Å². The van der Waals surface area contributed by atoms with Crippen LogP contribution in [0.4, 0.5) is 4.79 Å². The summed E-state index contributed by atoms with van der Waals surface area (Å²) in [5, 5.41) is 14.8. The summed E-state index contributed by atoms with van der Waals surface area (Å²) >= 11 is 0. The van der Waals surface area contributed by atoms with E-state index in [9.17, 15) is 19.5 Å². The Balaban J connectivity index is 2.55. The molecule has 1 heterocycles. The van der Waals surface area contributed by atoms with Gasteiger partial charge in [-0.05, 0) is 39.5 Å². The highest BCUT2D eigenvalue weighted by molar-refractivity contribution is 5.85. The highest BCUT2D eigenvalue weighted by Gasteiger charge is 2.31. The minimum atomic E-state index is -1.08. The molecule has 3 N–H and O–H groups in total. The van der Waals surface area contributed by atoms with Gasteiger partial charge < -0.3 is 25.4 Å². The molecule has 3 amide bonds. The molecule has 1 fully saturated rings. The smallest absolute Gasteiger partial charge is 0.326 e. The lowest BCUT2D eigenvalue weighted by Gasteiger charge is -2.33. The topological polar surface area (TPSA) is 108 Å². The summed E-state index contributed by atoms with van der Waals surface area (Å²) in [4.78, 5) is 37.8. The second-order valence-electron chi connectivity index (χ2n) is 8.51. The lowest BCUT2D eigenvalue weighted by atomic mass is 9.97. The van der Waals surface area contributed by atoms with Gasteiger partial charge in [0, 0.05) is 32.7 Å². The van der Waals surface area contributed by atoms with Crippen molar-refractivity contribution in [2.24, 2.45) is 11.8 Å². The highest BCUT2D eigenvalue weighted by Crippen LogP contribution is 2.17. The summed E-state index contributed by atoms with van der Waals surface area (Å²) in [5.41, 5.74) is -0.361. The van der Waals surface area contributed by atoms with Gasteiger partial charge in [-0.1, -0.05) is 13.8 Å². The molecule has 0 saturated carbocycles. The molecule has 8 heteroatoms. The summed E-state index contributed by atoms with van der Waals surface area (Å²) in [5.74, 6) is -1.44. The van der Waals surface area contributed by atoms with Gasteiger partial charge in [0.15, 0.2) is 0 Å². The number of ether oxygens (including phenoxy) is 1. The first-order chi connectivity index (χ1) is 12.5. The van der Waals surface area contributed by atoms with E-state index < -0.39 is 17.9 Å². The Morgan fingerprint density at radius 1 is 1.26 bits per heavy atom. The number of hydrogen-bond donors (Lipinski definition) is 3. The van der Waals surface area contributed by atoms with Crippen molar-refractivity contribution in [3.05, 3.63) is 0 Å². The van der Waals surface area contributed by atoms with Gasteiger partial charge in [0.05, 0.1) is 11.5 Å². The number of likely N-dealkylation sites (tertiary alicyclic amines) is 1. The molecule has 1 saturated heterocycles. The number of carbonyl (C=O) groups is 3. The molecule has 0 bridgehead atoms. The first-order valence-electron chi connectivity index (χ1n) is 9.69. The molecule has 0 aromatic rings. The molecule has 1 aliphatic rings. The molecule has 1 aliphatic heterocycles. The molecule has 27 heavy (non-hydrogen) atoms. The number of carboxylic acids is 1. The second kappa shape index (κ2) is 10.5. The van der Waals surface area contributed by atoms with Crippen molar-refractivity contribution in [2.75, 3.05) is 26.2 Å². The van der Waals surface area contributed by atoms with Crippen molar-refractivity contribution in [3.8, 4) is 0 Å². The van der Waals surface area contributed by atoms with Gasteiger partial charge >= 0.3 is 12.0 Å². The van der Waals surface area contributed by atoms with Crippen LogP contribution in [0.3, 0.4) is 0 Å². The maximum absolute atomic E-state index is 12.5. The number of urea groups is 1. The largest absolute Gasteiger partial charge is 0.480 e. The number of nitrogens with one attached hydrogen (secondary N) is 2. The highest BCUT2D eigenvalue weighted by atomic mass is 16.5. The van der Waals surface area contributed by atoms with Crippen molar-refractivity contribution in [1.82, 2.24) is 15.5 Å². The van der Waals surface area contributed by atoms with Crippen molar-refractivity contribution in [2.45, 2.75) is 65.5 Å². The van der Waals surface area contributed by atoms with E-state index in [-0.39, 0.29) is 30.6 Å². The normalized spacial score (nSPS) is 18.9. The summed E-state index contributed by atoms with van der Waals surface area (Å²) in [6, 6.07) is -1.17. The third-order valence-electron chi connectivity index (χ3n) is 4.30. The number of nitrogens with zero attached hydrogens (tertiary/aromatic N) is 1. The minimum absolute atomic E-state index is 0.172. The predicted molar refractivity (Wildman–Crippen MR) is 102 cm³/mol. The summed E-state index contributed by atoms with van der Waals surface area (Å²) < 4.78 is 5.56. The molecular formula is C19H35N3O5. The lowest BCUT2D eigenvalue weighted by molar-refractivity contribution is -0.143. The van der Waals surface area contributed by atoms with Crippen LogP contribution in [-0.2, 0) is 14.3 Å². The SMILES string of the molecule is CC(C)CNC(=O)N1CCCC(C(=O)NC(CCOC(C)(C)C)C(=O)O)C1. The van der Waals surface area contributed by atoms with E-state index in [2.05, 4.69) is 10.6 Å². The average Bonchev–Trinajstić information content (AvgIpc) is 2.57. The fourth-order valence-electron chi connectivity index (χ4n) is 2.81. The number of aliphatic carboxylic acids is 1. The number of piperidine rings is 1. The maximum Gasteiger partial charge on any atom is 0.326 e. The Morgan fingerprint density at radius 2 is 1.93 bits per heavy atom. The van der Waals surface area contributed by atoms with E-state index in [1.54, 1.807) is 4.90 Å². The number of hydrogen-bond acceptors (Lipinski definition) is 4. The number of carbonyl (C=O) groups excluding carboxylic acids is 2. The van der Waals surface area contributed by atoms with E-state index in [1.807, 2.05) is 34.6 Å². The molecule has 0 aliphatic carbocycles. The standard InChI is InChI=1S/C19H35N3O5/c1-13(2)11-20-18(26)22-9-6-7-14(12-22)16(23)21-15(17(24)25)8-10-27-19(3,4)5/h13-15H,6-12H2,1-5H3,(H,20,26)(H,21,23)(H,24,25). The van der Waals surface area contributed by atoms with Gasteiger partial charge in [0.25, 0.3) is 0 Å². The van der Waals surface area contributed by atoms with Crippen molar-refractivity contribution < 1.29 is 24.2 Å². The van der Waals surface area contributed by atoms with Crippen LogP contribution in [0.2, 0.25) is 0 Å². The first kappa shape index (κ1) is 23.2. The fourth-order valence-corrected chi connectivity index (χ4v) is 2.81. The first-order valence-corrected chi connectivity index (χ1v) is 9.69. The molecule has 0 aromatic carbocycles. The monoisotopic (exact) mass is 385 g/mol. The second-order valence-corrected chi connectivity index (χ2v) is 8.51. The summed E-state index contributed by atoms with van der Waals surface area (Å²) in [6.07, 6.45) is 1.56. The van der Waals surface area contributed by atoms with Crippen LogP contribution in [0, 0.1) is 11.8 Å². The van der Waals surface area contributed by atoms with E-state index in [0.717, 1.165) is 6.42 Å². The summed E-state index contributed by atoms with van der Waals surface area (Å²) in [6.45, 7) is 11.4. The molecule has 2 unspecified atom stereocenters. The Kier molecular flexibility index (Phi) is 9.02. The van der Waals surface area contributed by atoms with Gasteiger partial charge in [0.1, 0.15) is 6.04 Å². The average molecular weight is 386 g/mol. The third kappa shape index (κ3) is 9.08. The number of amides is 3. The molecule has 0 aromatic heterocycles. The molecule has 156 valence electrons.